The monoisotopic (exact) mass is 260 g/mol. The van der Waals surface area contributed by atoms with E-state index >= 15 is 0 Å². The van der Waals surface area contributed by atoms with Crippen molar-refractivity contribution < 1.29 is 9.59 Å². The Morgan fingerprint density at radius 3 is 2.79 bits per heavy atom. The Bertz CT molecular complexity index is 511. The first-order valence-corrected chi connectivity index (χ1v) is 6.71. The third-order valence-electron chi connectivity index (χ3n) is 3.52. The molecule has 1 heterocycles. The number of anilines is 1. The molecular formula is C15H20N2O2. The molecule has 4 nitrogen and oxygen atoms in total. The van der Waals surface area contributed by atoms with E-state index in [4.69, 9.17) is 0 Å². The summed E-state index contributed by atoms with van der Waals surface area (Å²) < 4.78 is 0. The second kappa shape index (κ2) is 5.43. The van der Waals surface area contributed by atoms with Gasteiger partial charge in [0.2, 0.25) is 11.8 Å². The minimum Gasteiger partial charge on any atom is -0.356 e. The van der Waals surface area contributed by atoms with Crippen molar-refractivity contribution in [2.45, 2.75) is 27.2 Å². The summed E-state index contributed by atoms with van der Waals surface area (Å²) in [6.07, 6.45) is 0.595. The van der Waals surface area contributed by atoms with Gasteiger partial charge in [0.15, 0.2) is 0 Å². The highest BCUT2D eigenvalue weighted by Crippen LogP contribution is 2.28. The quantitative estimate of drug-likeness (QED) is 0.842. The summed E-state index contributed by atoms with van der Waals surface area (Å²) in [6.45, 7) is 7.06. The first kappa shape index (κ1) is 13.6. The fraction of sp³-hybridized carbons (Fsp3) is 0.467. The molecular weight excluding hydrogens is 240 g/mol. The number of carbonyl (C=O) groups is 2. The van der Waals surface area contributed by atoms with E-state index in [1.807, 2.05) is 32.9 Å². The maximum Gasteiger partial charge on any atom is 0.239 e. The molecule has 1 aliphatic heterocycles. The number of hydrogen-bond donors (Lipinski definition) is 1. The van der Waals surface area contributed by atoms with Gasteiger partial charge in [-0.3, -0.25) is 9.59 Å². The van der Waals surface area contributed by atoms with Crippen LogP contribution in [-0.2, 0) is 9.59 Å². The van der Waals surface area contributed by atoms with Gasteiger partial charge >= 0.3 is 0 Å². The lowest BCUT2D eigenvalue weighted by Gasteiger charge is -2.19. The van der Waals surface area contributed by atoms with Gasteiger partial charge in [0.1, 0.15) is 5.92 Å². The van der Waals surface area contributed by atoms with Crippen molar-refractivity contribution in [3.63, 3.8) is 0 Å². The average Bonchev–Trinajstić information content (AvgIpc) is 2.72. The zero-order chi connectivity index (χ0) is 14.0. The van der Waals surface area contributed by atoms with Crippen LogP contribution in [0.25, 0.3) is 0 Å². The van der Waals surface area contributed by atoms with Gasteiger partial charge in [-0.05, 0) is 38.8 Å². The first-order valence-electron chi connectivity index (χ1n) is 6.71. The molecule has 1 aromatic carbocycles. The van der Waals surface area contributed by atoms with Crippen LogP contribution in [-0.4, -0.2) is 24.9 Å². The summed E-state index contributed by atoms with van der Waals surface area (Å²) in [5, 5.41) is 2.73. The summed E-state index contributed by atoms with van der Waals surface area (Å²) in [7, 11) is 0. The molecule has 0 bridgehead atoms. The third-order valence-corrected chi connectivity index (χ3v) is 3.52. The van der Waals surface area contributed by atoms with Gasteiger partial charge in [0.05, 0.1) is 0 Å². The van der Waals surface area contributed by atoms with Gasteiger partial charge < -0.3 is 10.2 Å². The molecule has 1 saturated heterocycles. The van der Waals surface area contributed by atoms with Crippen LogP contribution >= 0.6 is 0 Å². The van der Waals surface area contributed by atoms with E-state index in [0.29, 0.717) is 19.5 Å². The van der Waals surface area contributed by atoms with Crippen molar-refractivity contribution in [3.8, 4) is 0 Å². The lowest BCUT2D eigenvalue weighted by molar-refractivity contribution is -0.132. The van der Waals surface area contributed by atoms with Gasteiger partial charge in [-0.2, -0.15) is 0 Å². The maximum atomic E-state index is 12.3. The highest BCUT2D eigenvalue weighted by atomic mass is 16.2. The molecule has 0 aliphatic carbocycles. The van der Waals surface area contributed by atoms with E-state index in [-0.39, 0.29) is 11.8 Å². The summed E-state index contributed by atoms with van der Waals surface area (Å²) in [5.74, 6) is -0.765. The van der Waals surface area contributed by atoms with Gasteiger partial charge in [0, 0.05) is 18.8 Å². The van der Waals surface area contributed by atoms with Crippen LogP contribution in [0.1, 0.15) is 24.5 Å². The minimum absolute atomic E-state index is 0.0853. The highest BCUT2D eigenvalue weighted by Gasteiger charge is 2.37. The normalized spacial score (nSPS) is 18.8. The minimum atomic E-state index is -0.527. The predicted molar refractivity (Wildman–Crippen MR) is 75.1 cm³/mol. The molecule has 19 heavy (non-hydrogen) atoms. The zero-order valence-corrected chi connectivity index (χ0v) is 11.7. The number of rotatable bonds is 3. The topological polar surface area (TPSA) is 49.4 Å². The van der Waals surface area contributed by atoms with Gasteiger partial charge in [-0.25, -0.2) is 0 Å². The molecule has 2 amide bonds. The van der Waals surface area contributed by atoms with Crippen LogP contribution in [0.3, 0.4) is 0 Å². The van der Waals surface area contributed by atoms with E-state index in [2.05, 4.69) is 11.4 Å². The first-order chi connectivity index (χ1) is 9.04. The zero-order valence-electron chi connectivity index (χ0n) is 11.7. The second-order valence-electron chi connectivity index (χ2n) is 5.02. The Labute approximate surface area is 113 Å². The molecule has 0 saturated carbocycles. The van der Waals surface area contributed by atoms with Crippen LogP contribution < -0.4 is 10.2 Å². The molecule has 1 aromatic rings. The fourth-order valence-corrected chi connectivity index (χ4v) is 2.57. The van der Waals surface area contributed by atoms with Crippen molar-refractivity contribution in [1.29, 1.82) is 0 Å². The smallest absolute Gasteiger partial charge is 0.239 e. The van der Waals surface area contributed by atoms with E-state index < -0.39 is 5.92 Å². The molecule has 0 aromatic heterocycles. The Balaban J connectivity index is 2.20. The SMILES string of the molecule is CCNC(=O)C1CCN(c2ccc(C)cc2C)C1=O. The summed E-state index contributed by atoms with van der Waals surface area (Å²) in [6, 6.07) is 6.01. The second-order valence-corrected chi connectivity index (χ2v) is 5.02. The lowest BCUT2D eigenvalue weighted by atomic mass is 10.1. The van der Waals surface area contributed by atoms with E-state index in [1.165, 1.54) is 5.56 Å². The van der Waals surface area contributed by atoms with Crippen LogP contribution in [0.15, 0.2) is 18.2 Å². The van der Waals surface area contributed by atoms with Crippen LogP contribution in [0.5, 0.6) is 0 Å². The van der Waals surface area contributed by atoms with Crippen molar-refractivity contribution in [3.05, 3.63) is 29.3 Å². The molecule has 1 atom stereocenters. The summed E-state index contributed by atoms with van der Waals surface area (Å²) in [5.41, 5.74) is 3.17. The number of aryl methyl sites for hydroxylation is 2. The average molecular weight is 260 g/mol. The molecule has 1 N–H and O–H groups in total. The van der Waals surface area contributed by atoms with Crippen LogP contribution in [0.4, 0.5) is 5.69 Å². The fourth-order valence-electron chi connectivity index (χ4n) is 2.57. The lowest BCUT2D eigenvalue weighted by Crippen LogP contribution is -2.36. The number of hydrogen-bond acceptors (Lipinski definition) is 2. The third kappa shape index (κ3) is 2.62. The van der Waals surface area contributed by atoms with E-state index in [1.54, 1.807) is 4.90 Å². The van der Waals surface area contributed by atoms with E-state index in [9.17, 15) is 9.59 Å². The van der Waals surface area contributed by atoms with Gasteiger partial charge in [-0.15, -0.1) is 0 Å². The number of nitrogens with zero attached hydrogens (tertiary/aromatic N) is 1. The van der Waals surface area contributed by atoms with Crippen LogP contribution in [0.2, 0.25) is 0 Å². The molecule has 1 aliphatic rings. The number of carbonyl (C=O) groups excluding carboxylic acids is 2. The Morgan fingerprint density at radius 2 is 2.16 bits per heavy atom. The molecule has 102 valence electrons. The molecule has 4 heteroatoms. The van der Waals surface area contributed by atoms with Crippen molar-refractivity contribution >= 4 is 17.5 Å². The van der Waals surface area contributed by atoms with Crippen LogP contribution in [0, 0.1) is 19.8 Å². The van der Waals surface area contributed by atoms with Gasteiger partial charge in [0.25, 0.3) is 0 Å². The maximum absolute atomic E-state index is 12.3. The Hall–Kier alpha value is -1.84. The summed E-state index contributed by atoms with van der Waals surface area (Å²) in [4.78, 5) is 25.9. The largest absolute Gasteiger partial charge is 0.356 e. The number of benzene rings is 1. The molecule has 1 unspecified atom stereocenters. The Kier molecular flexibility index (Phi) is 3.88. The molecule has 2 rings (SSSR count). The molecule has 0 spiro atoms. The van der Waals surface area contributed by atoms with E-state index in [0.717, 1.165) is 11.3 Å². The molecule has 0 radical (unpaired) electrons. The predicted octanol–water partition coefficient (Wildman–Crippen LogP) is 1.79. The standard InChI is InChI=1S/C15H20N2O2/c1-4-16-14(18)12-7-8-17(15(12)19)13-6-5-10(2)9-11(13)3/h5-6,9,12H,4,7-8H2,1-3H3,(H,16,18). The van der Waals surface area contributed by atoms with Crippen molar-refractivity contribution in [2.75, 3.05) is 18.0 Å². The van der Waals surface area contributed by atoms with Gasteiger partial charge in [-0.1, -0.05) is 17.7 Å². The number of amides is 2. The molecule has 1 fully saturated rings. The number of nitrogens with one attached hydrogen (secondary N) is 1. The highest BCUT2D eigenvalue weighted by molar-refractivity contribution is 6.09. The Morgan fingerprint density at radius 1 is 1.42 bits per heavy atom. The van der Waals surface area contributed by atoms with Crippen molar-refractivity contribution in [2.24, 2.45) is 5.92 Å². The summed E-state index contributed by atoms with van der Waals surface area (Å²) >= 11 is 0. The van der Waals surface area contributed by atoms with Crippen molar-refractivity contribution in [1.82, 2.24) is 5.32 Å².